The first-order valence-corrected chi connectivity index (χ1v) is 6.09. The van der Waals surface area contributed by atoms with Gasteiger partial charge in [0, 0.05) is 18.2 Å². The largest absolute Gasteiger partial charge is 0.355 e. The van der Waals surface area contributed by atoms with Crippen LogP contribution in [-0.2, 0) is 4.79 Å². The third-order valence-corrected chi connectivity index (χ3v) is 3.05. The summed E-state index contributed by atoms with van der Waals surface area (Å²) in [5.41, 5.74) is 0. The number of nitrogens with one attached hydrogen (secondary N) is 2. The lowest BCUT2D eigenvalue weighted by molar-refractivity contribution is -0.122. The number of carbonyl (C=O) groups excluding carboxylic acids is 1. The van der Waals surface area contributed by atoms with Crippen LogP contribution in [0.25, 0.3) is 0 Å². The molecule has 0 radical (unpaired) electrons. The van der Waals surface area contributed by atoms with Crippen LogP contribution < -0.4 is 10.6 Å². The Bertz CT molecular complexity index is 163. The van der Waals surface area contributed by atoms with Gasteiger partial charge in [-0.1, -0.05) is 19.8 Å². The summed E-state index contributed by atoms with van der Waals surface area (Å²) >= 11 is 1.78. The Hall–Kier alpha value is 0.0700. The van der Waals surface area contributed by atoms with Crippen LogP contribution in [0.15, 0.2) is 0 Å². The molecule has 3 nitrogen and oxygen atoms in total. The minimum Gasteiger partial charge on any atom is -0.355 e. The standard InChI is InChI=1S/C9H18N2OS.ClH/c1-2-3-4-5-10-9(12)8-6-13-7-11-8;/h8,11H,2-7H2,1H3,(H,10,12);1H. The van der Waals surface area contributed by atoms with Crippen molar-refractivity contribution in [3.63, 3.8) is 0 Å². The molecular weight excluding hydrogens is 220 g/mol. The Morgan fingerprint density at radius 2 is 2.36 bits per heavy atom. The van der Waals surface area contributed by atoms with Crippen molar-refractivity contribution in [2.45, 2.75) is 32.2 Å². The maximum absolute atomic E-state index is 11.4. The number of unbranched alkanes of at least 4 members (excludes halogenated alkanes) is 2. The van der Waals surface area contributed by atoms with Crippen LogP contribution in [0.2, 0.25) is 0 Å². The van der Waals surface area contributed by atoms with Gasteiger partial charge in [0.25, 0.3) is 0 Å². The first-order valence-electron chi connectivity index (χ1n) is 4.93. The molecule has 1 atom stereocenters. The van der Waals surface area contributed by atoms with E-state index in [1.807, 2.05) is 0 Å². The quantitative estimate of drug-likeness (QED) is 0.711. The Labute approximate surface area is 96.2 Å². The van der Waals surface area contributed by atoms with Crippen LogP contribution >= 0.6 is 24.2 Å². The second-order valence-electron chi connectivity index (χ2n) is 3.27. The summed E-state index contributed by atoms with van der Waals surface area (Å²) in [6.45, 7) is 2.99. The predicted octanol–water partition coefficient (Wildman–Crippen LogP) is 1.38. The zero-order valence-electron chi connectivity index (χ0n) is 8.54. The van der Waals surface area contributed by atoms with Crippen LogP contribution in [0.1, 0.15) is 26.2 Å². The summed E-state index contributed by atoms with van der Waals surface area (Å²) in [4.78, 5) is 11.4. The van der Waals surface area contributed by atoms with Crippen molar-refractivity contribution in [2.24, 2.45) is 0 Å². The van der Waals surface area contributed by atoms with Gasteiger partial charge in [-0.05, 0) is 6.42 Å². The van der Waals surface area contributed by atoms with E-state index in [0.29, 0.717) is 0 Å². The molecule has 0 aromatic rings. The summed E-state index contributed by atoms with van der Waals surface area (Å²) in [6, 6.07) is 0.0478. The van der Waals surface area contributed by atoms with Gasteiger partial charge in [-0.3, -0.25) is 10.1 Å². The monoisotopic (exact) mass is 238 g/mol. The molecule has 1 aliphatic rings. The minimum absolute atomic E-state index is 0. The van der Waals surface area contributed by atoms with Crippen molar-refractivity contribution in [1.82, 2.24) is 10.6 Å². The summed E-state index contributed by atoms with van der Waals surface area (Å²) in [5.74, 6) is 1.99. The molecule has 0 saturated carbocycles. The third kappa shape index (κ3) is 5.08. The summed E-state index contributed by atoms with van der Waals surface area (Å²) in [6.07, 6.45) is 3.50. The fraction of sp³-hybridized carbons (Fsp3) is 0.889. The summed E-state index contributed by atoms with van der Waals surface area (Å²) in [5, 5.41) is 6.09. The molecule has 84 valence electrons. The van der Waals surface area contributed by atoms with Gasteiger partial charge in [0.2, 0.25) is 5.91 Å². The van der Waals surface area contributed by atoms with Crippen molar-refractivity contribution in [3.05, 3.63) is 0 Å². The molecule has 2 N–H and O–H groups in total. The number of hydrogen-bond acceptors (Lipinski definition) is 3. The van der Waals surface area contributed by atoms with E-state index in [1.165, 1.54) is 12.8 Å². The van der Waals surface area contributed by atoms with E-state index in [4.69, 9.17) is 0 Å². The van der Waals surface area contributed by atoms with Gasteiger partial charge in [0.05, 0.1) is 6.04 Å². The first kappa shape index (κ1) is 14.1. The number of rotatable bonds is 5. The molecule has 1 fully saturated rings. The predicted molar refractivity (Wildman–Crippen MR) is 64.0 cm³/mol. The number of carbonyl (C=O) groups is 1. The first-order chi connectivity index (χ1) is 6.34. The van der Waals surface area contributed by atoms with Crippen molar-refractivity contribution in [2.75, 3.05) is 18.2 Å². The van der Waals surface area contributed by atoms with E-state index in [1.54, 1.807) is 11.8 Å². The molecule has 0 aromatic carbocycles. The average molecular weight is 239 g/mol. The van der Waals surface area contributed by atoms with Crippen LogP contribution in [0, 0.1) is 0 Å². The highest BCUT2D eigenvalue weighted by molar-refractivity contribution is 7.99. The molecule has 0 spiro atoms. The highest BCUT2D eigenvalue weighted by atomic mass is 35.5. The average Bonchev–Trinajstić information content (AvgIpc) is 2.65. The fourth-order valence-corrected chi connectivity index (χ4v) is 2.22. The van der Waals surface area contributed by atoms with Crippen LogP contribution in [-0.4, -0.2) is 30.1 Å². The van der Waals surface area contributed by atoms with E-state index >= 15 is 0 Å². The van der Waals surface area contributed by atoms with Crippen LogP contribution in [0.4, 0.5) is 0 Å². The molecule has 1 unspecified atom stereocenters. The molecule has 0 bridgehead atoms. The number of hydrogen-bond donors (Lipinski definition) is 2. The normalized spacial score (nSPS) is 20.2. The second-order valence-corrected chi connectivity index (χ2v) is 4.30. The van der Waals surface area contributed by atoms with E-state index in [0.717, 1.165) is 24.6 Å². The van der Waals surface area contributed by atoms with Gasteiger partial charge in [-0.15, -0.1) is 24.2 Å². The van der Waals surface area contributed by atoms with Crippen molar-refractivity contribution < 1.29 is 4.79 Å². The molecule has 5 heteroatoms. The summed E-state index contributed by atoms with van der Waals surface area (Å²) < 4.78 is 0. The fourth-order valence-electron chi connectivity index (χ4n) is 1.27. The van der Waals surface area contributed by atoms with Crippen molar-refractivity contribution in [1.29, 1.82) is 0 Å². The lowest BCUT2D eigenvalue weighted by Crippen LogP contribution is -2.42. The maximum Gasteiger partial charge on any atom is 0.238 e. The zero-order chi connectivity index (χ0) is 9.52. The van der Waals surface area contributed by atoms with Gasteiger partial charge in [0.1, 0.15) is 0 Å². The smallest absolute Gasteiger partial charge is 0.238 e. The highest BCUT2D eigenvalue weighted by Crippen LogP contribution is 2.09. The molecule has 1 rings (SSSR count). The van der Waals surface area contributed by atoms with Crippen molar-refractivity contribution >= 4 is 30.1 Å². The molecular formula is C9H19ClN2OS. The number of thioether (sulfide) groups is 1. The lowest BCUT2D eigenvalue weighted by Gasteiger charge is -2.09. The van der Waals surface area contributed by atoms with E-state index in [2.05, 4.69) is 17.6 Å². The Morgan fingerprint density at radius 1 is 1.57 bits per heavy atom. The minimum atomic E-state index is 0. The molecule has 0 aliphatic carbocycles. The number of halogens is 1. The van der Waals surface area contributed by atoms with E-state index in [-0.39, 0.29) is 24.4 Å². The SMILES string of the molecule is CCCCCNC(=O)C1CSCN1.Cl. The Morgan fingerprint density at radius 3 is 2.93 bits per heavy atom. The Balaban J connectivity index is 0.00000169. The van der Waals surface area contributed by atoms with E-state index in [9.17, 15) is 4.79 Å². The molecule has 1 aliphatic heterocycles. The zero-order valence-corrected chi connectivity index (χ0v) is 10.2. The van der Waals surface area contributed by atoms with E-state index < -0.39 is 0 Å². The van der Waals surface area contributed by atoms with Crippen molar-refractivity contribution in [3.8, 4) is 0 Å². The lowest BCUT2D eigenvalue weighted by atomic mass is 10.2. The molecule has 14 heavy (non-hydrogen) atoms. The van der Waals surface area contributed by atoms with Crippen LogP contribution in [0.5, 0.6) is 0 Å². The topological polar surface area (TPSA) is 41.1 Å². The van der Waals surface area contributed by atoms with Crippen LogP contribution in [0.3, 0.4) is 0 Å². The van der Waals surface area contributed by atoms with Gasteiger partial charge in [0.15, 0.2) is 0 Å². The third-order valence-electron chi connectivity index (χ3n) is 2.11. The van der Waals surface area contributed by atoms with Gasteiger partial charge in [-0.2, -0.15) is 0 Å². The second kappa shape index (κ2) is 8.38. The Kier molecular flexibility index (Phi) is 8.43. The maximum atomic E-state index is 11.4. The highest BCUT2D eigenvalue weighted by Gasteiger charge is 2.21. The number of amides is 1. The van der Waals surface area contributed by atoms with Gasteiger partial charge >= 0.3 is 0 Å². The molecule has 0 aromatic heterocycles. The molecule has 1 saturated heterocycles. The van der Waals surface area contributed by atoms with Gasteiger partial charge in [-0.25, -0.2) is 0 Å². The molecule has 1 amide bonds. The van der Waals surface area contributed by atoms with Gasteiger partial charge < -0.3 is 5.32 Å². The summed E-state index contributed by atoms with van der Waals surface area (Å²) in [7, 11) is 0. The molecule has 1 heterocycles.